The first kappa shape index (κ1) is 23.1. The standard InChI is InChI=1S/C21H24ClN3O5S/c1-14(26)23-19-10-7-17(30-2)12-20(19)24-21(27)15-4-3-11-25(13-15)31(28,29)18-8-5-16(22)6-9-18/h5-10,12,15H,3-4,11,13H2,1-2H3,(H,23,26)(H,24,27). The highest BCUT2D eigenvalue weighted by atomic mass is 35.5. The van der Waals surface area contributed by atoms with Crippen molar-refractivity contribution < 1.29 is 22.7 Å². The van der Waals surface area contributed by atoms with E-state index < -0.39 is 15.9 Å². The molecule has 2 aromatic carbocycles. The number of ether oxygens (including phenoxy) is 1. The number of piperidine rings is 1. The second-order valence-corrected chi connectivity index (χ2v) is 9.61. The van der Waals surface area contributed by atoms with Crippen molar-refractivity contribution in [3.63, 3.8) is 0 Å². The largest absolute Gasteiger partial charge is 0.497 e. The minimum absolute atomic E-state index is 0.0657. The van der Waals surface area contributed by atoms with Crippen LogP contribution >= 0.6 is 11.6 Å². The molecule has 0 aromatic heterocycles. The third-order valence-corrected chi connectivity index (χ3v) is 7.13. The SMILES string of the molecule is COc1ccc(NC(C)=O)c(NC(=O)C2CCCN(S(=O)(=O)c3ccc(Cl)cc3)C2)c1. The number of amides is 2. The van der Waals surface area contributed by atoms with Crippen molar-refractivity contribution in [2.24, 2.45) is 5.92 Å². The average molecular weight is 466 g/mol. The molecule has 1 atom stereocenters. The molecule has 3 rings (SSSR count). The van der Waals surface area contributed by atoms with Crippen molar-refractivity contribution in [2.45, 2.75) is 24.7 Å². The maximum absolute atomic E-state index is 13.0. The second kappa shape index (κ2) is 9.67. The quantitative estimate of drug-likeness (QED) is 0.680. The van der Waals surface area contributed by atoms with Crippen LogP contribution in [0.1, 0.15) is 19.8 Å². The van der Waals surface area contributed by atoms with Gasteiger partial charge in [-0.15, -0.1) is 0 Å². The first-order valence-corrected chi connectivity index (χ1v) is 11.5. The normalized spacial score (nSPS) is 17.1. The number of hydrogen-bond acceptors (Lipinski definition) is 5. The Morgan fingerprint density at radius 1 is 1.10 bits per heavy atom. The van der Waals surface area contributed by atoms with Crippen LogP contribution in [-0.4, -0.2) is 44.7 Å². The molecule has 10 heteroatoms. The lowest BCUT2D eigenvalue weighted by Crippen LogP contribution is -2.43. The van der Waals surface area contributed by atoms with Crippen LogP contribution in [0.2, 0.25) is 5.02 Å². The van der Waals surface area contributed by atoms with Crippen molar-refractivity contribution in [3.8, 4) is 5.75 Å². The van der Waals surface area contributed by atoms with Gasteiger partial charge in [0.05, 0.1) is 29.3 Å². The van der Waals surface area contributed by atoms with Gasteiger partial charge in [0.15, 0.2) is 0 Å². The molecule has 8 nitrogen and oxygen atoms in total. The van der Waals surface area contributed by atoms with Crippen molar-refractivity contribution in [3.05, 3.63) is 47.5 Å². The zero-order chi connectivity index (χ0) is 22.6. The molecule has 1 unspecified atom stereocenters. The van der Waals surface area contributed by atoms with Gasteiger partial charge in [0.25, 0.3) is 0 Å². The van der Waals surface area contributed by atoms with Crippen molar-refractivity contribution >= 4 is 44.8 Å². The molecule has 0 spiro atoms. The number of halogens is 1. The van der Waals surface area contributed by atoms with Crippen molar-refractivity contribution in [1.29, 1.82) is 0 Å². The molecule has 1 fully saturated rings. The second-order valence-electron chi connectivity index (χ2n) is 7.24. The summed E-state index contributed by atoms with van der Waals surface area (Å²) < 4.78 is 32.5. The molecule has 2 aromatic rings. The third-order valence-electron chi connectivity index (χ3n) is 5.00. The van der Waals surface area contributed by atoms with Gasteiger partial charge in [-0.2, -0.15) is 4.31 Å². The monoisotopic (exact) mass is 465 g/mol. The van der Waals surface area contributed by atoms with Crippen LogP contribution in [0.25, 0.3) is 0 Å². The first-order valence-electron chi connectivity index (χ1n) is 9.73. The predicted octanol–water partition coefficient (Wildman–Crippen LogP) is 3.35. The summed E-state index contributed by atoms with van der Waals surface area (Å²) in [6.07, 6.45) is 1.11. The lowest BCUT2D eigenvalue weighted by atomic mass is 9.98. The summed E-state index contributed by atoms with van der Waals surface area (Å²) in [4.78, 5) is 24.6. The van der Waals surface area contributed by atoms with Crippen LogP contribution in [0.3, 0.4) is 0 Å². The van der Waals surface area contributed by atoms with E-state index >= 15 is 0 Å². The van der Waals surface area contributed by atoms with Gasteiger partial charge in [0.1, 0.15) is 5.75 Å². The van der Waals surface area contributed by atoms with E-state index in [0.717, 1.165) is 0 Å². The Balaban J connectivity index is 1.77. The topological polar surface area (TPSA) is 105 Å². The summed E-state index contributed by atoms with van der Waals surface area (Å²) in [5.41, 5.74) is 0.820. The molecule has 2 amide bonds. The summed E-state index contributed by atoms with van der Waals surface area (Å²) in [5, 5.41) is 5.92. The van der Waals surface area contributed by atoms with Crippen LogP contribution in [0.4, 0.5) is 11.4 Å². The Bertz CT molecular complexity index is 1070. The minimum Gasteiger partial charge on any atom is -0.497 e. The summed E-state index contributed by atoms with van der Waals surface area (Å²) in [7, 11) is -2.24. The molecule has 1 heterocycles. The number of rotatable bonds is 6. The molecule has 166 valence electrons. The Labute approximate surface area is 186 Å². The van der Waals surface area contributed by atoms with Gasteiger partial charge >= 0.3 is 0 Å². The average Bonchev–Trinajstić information content (AvgIpc) is 2.75. The summed E-state index contributed by atoms with van der Waals surface area (Å²) >= 11 is 5.86. The van der Waals surface area contributed by atoms with Gasteiger partial charge in [0, 0.05) is 31.1 Å². The zero-order valence-corrected chi connectivity index (χ0v) is 18.8. The zero-order valence-electron chi connectivity index (χ0n) is 17.2. The van der Waals surface area contributed by atoms with E-state index in [0.29, 0.717) is 41.5 Å². The molecule has 1 aliphatic heterocycles. The molecule has 1 aliphatic rings. The van der Waals surface area contributed by atoms with Gasteiger partial charge in [-0.05, 0) is 49.2 Å². The number of hydrogen-bond donors (Lipinski definition) is 2. The lowest BCUT2D eigenvalue weighted by Gasteiger charge is -2.31. The van der Waals surface area contributed by atoms with Gasteiger partial charge in [-0.1, -0.05) is 11.6 Å². The van der Waals surface area contributed by atoms with Gasteiger partial charge in [0.2, 0.25) is 21.8 Å². The minimum atomic E-state index is -3.74. The van der Waals surface area contributed by atoms with Crippen LogP contribution in [0.5, 0.6) is 5.75 Å². The third kappa shape index (κ3) is 5.55. The number of sulfonamides is 1. The smallest absolute Gasteiger partial charge is 0.243 e. The van der Waals surface area contributed by atoms with E-state index in [-0.39, 0.29) is 23.3 Å². The molecule has 1 saturated heterocycles. The number of anilines is 2. The lowest BCUT2D eigenvalue weighted by molar-refractivity contribution is -0.121. The fourth-order valence-corrected chi connectivity index (χ4v) is 5.07. The number of benzene rings is 2. The van der Waals surface area contributed by atoms with Crippen LogP contribution in [0, 0.1) is 5.92 Å². The van der Waals surface area contributed by atoms with Crippen LogP contribution < -0.4 is 15.4 Å². The summed E-state index contributed by atoms with van der Waals surface area (Å²) in [6, 6.07) is 10.9. The first-order chi connectivity index (χ1) is 14.7. The molecule has 0 saturated carbocycles. The summed E-state index contributed by atoms with van der Waals surface area (Å²) in [6.45, 7) is 1.78. The Morgan fingerprint density at radius 2 is 1.81 bits per heavy atom. The van der Waals surface area contributed by atoms with Crippen molar-refractivity contribution in [2.75, 3.05) is 30.8 Å². The maximum atomic E-state index is 13.0. The van der Waals surface area contributed by atoms with E-state index in [2.05, 4.69) is 10.6 Å². The van der Waals surface area contributed by atoms with Gasteiger partial charge in [-0.3, -0.25) is 9.59 Å². The number of carbonyl (C=O) groups excluding carboxylic acids is 2. The molecule has 0 aliphatic carbocycles. The Morgan fingerprint density at radius 3 is 2.45 bits per heavy atom. The van der Waals surface area contributed by atoms with E-state index in [1.807, 2.05) is 0 Å². The van der Waals surface area contributed by atoms with Crippen LogP contribution in [-0.2, 0) is 19.6 Å². The fourth-order valence-electron chi connectivity index (χ4n) is 3.42. The number of methoxy groups -OCH3 is 1. The predicted molar refractivity (Wildman–Crippen MR) is 119 cm³/mol. The van der Waals surface area contributed by atoms with E-state index in [1.165, 1.54) is 42.6 Å². The Kier molecular flexibility index (Phi) is 7.19. The van der Waals surface area contributed by atoms with Crippen LogP contribution in [0.15, 0.2) is 47.4 Å². The highest BCUT2D eigenvalue weighted by Gasteiger charge is 2.33. The molecule has 0 bridgehead atoms. The summed E-state index contributed by atoms with van der Waals surface area (Å²) in [5.74, 6) is -0.624. The van der Waals surface area contributed by atoms with Crippen molar-refractivity contribution in [1.82, 2.24) is 4.31 Å². The van der Waals surface area contributed by atoms with E-state index in [1.54, 1.807) is 18.2 Å². The fraction of sp³-hybridized carbons (Fsp3) is 0.333. The molecular weight excluding hydrogens is 442 g/mol. The number of nitrogens with zero attached hydrogens (tertiary/aromatic N) is 1. The van der Waals surface area contributed by atoms with Gasteiger partial charge in [-0.25, -0.2) is 8.42 Å². The molecule has 31 heavy (non-hydrogen) atoms. The highest BCUT2D eigenvalue weighted by Crippen LogP contribution is 2.30. The van der Waals surface area contributed by atoms with E-state index in [9.17, 15) is 18.0 Å². The van der Waals surface area contributed by atoms with Gasteiger partial charge < -0.3 is 15.4 Å². The Hall–Kier alpha value is -2.62. The number of carbonyl (C=O) groups is 2. The molecular formula is C21H24ClN3O5S. The highest BCUT2D eigenvalue weighted by molar-refractivity contribution is 7.89. The number of nitrogens with one attached hydrogen (secondary N) is 2. The maximum Gasteiger partial charge on any atom is 0.243 e. The van der Waals surface area contributed by atoms with E-state index in [4.69, 9.17) is 16.3 Å². The molecule has 2 N–H and O–H groups in total. The molecule has 0 radical (unpaired) electrons.